The maximum Gasteiger partial charge on any atom is 0.262 e. The molecule has 130 valence electrons. The average molecular weight is 380 g/mol. The molecule has 25 heavy (non-hydrogen) atoms. The Hall–Kier alpha value is -2.58. The van der Waals surface area contributed by atoms with E-state index in [1.807, 2.05) is 0 Å². The highest BCUT2D eigenvalue weighted by atomic mass is 35.5. The van der Waals surface area contributed by atoms with Crippen LogP contribution in [0.3, 0.4) is 0 Å². The number of carbonyl (C=O) groups excluding carboxylic acids is 1. The summed E-state index contributed by atoms with van der Waals surface area (Å²) in [5.41, 5.74) is 0.122. The number of hydrogen-bond donors (Lipinski definition) is 1. The van der Waals surface area contributed by atoms with Gasteiger partial charge in [-0.15, -0.1) is 11.3 Å². The van der Waals surface area contributed by atoms with Crippen LogP contribution in [0.4, 0.5) is 5.69 Å². The smallest absolute Gasteiger partial charge is 0.262 e. The Morgan fingerprint density at radius 1 is 1.32 bits per heavy atom. The second-order valence-electron chi connectivity index (χ2n) is 5.05. The molecule has 0 spiro atoms. The second kappa shape index (κ2) is 7.12. The maximum atomic E-state index is 12.3. The fourth-order valence-corrected chi connectivity index (χ4v) is 3.27. The molecular formula is C16H14ClN3O4S. The highest BCUT2D eigenvalue weighted by Gasteiger charge is 2.14. The van der Waals surface area contributed by atoms with Crippen LogP contribution in [0.5, 0.6) is 11.5 Å². The minimum atomic E-state index is -0.405. The standard InChI is InChI=1S/C16H14ClN3O4S/c1-23-12-6-13(24-2)11(5-10(12)17)19-14(21)7-20-8-18-15-9(16(20)22)3-4-25-15/h3-6,8H,7H2,1-2H3,(H,19,21). The van der Waals surface area contributed by atoms with Gasteiger partial charge in [0.2, 0.25) is 5.91 Å². The normalized spacial score (nSPS) is 10.7. The lowest BCUT2D eigenvalue weighted by atomic mass is 10.2. The van der Waals surface area contributed by atoms with Crippen LogP contribution in [0.25, 0.3) is 10.2 Å². The zero-order valence-electron chi connectivity index (χ0n) is 13.4. The molecule has 1 N–H and O–H groups in total. The molecule has 2 heterocycles. The van der Waals surface area contributed by atoms with Crippen LogP contribution in [0.1, 0.15) is 0 Å². The van der Waals surface area contributed by atoms with Crippen LogP contribution < -0.4 is 20.3 Å². The Kier molecular flexibility index (Phi) is 4.91. The lowest BCUT2D eigenvalue weighted by molar-refractivity contribution is -0.116. The molecule has 1 amide bonds. The summed E-state index contributed by atoms with van der Waals surface area (Å²) < 4.78 is 11.6. The molecule has 0 fully saturated rings. The van der Waals surface area contributed by atoms with Crippen molar-refractivity contribution in [3.63, 3.8) is 0 Å². The van der Waals surface area contributed by atoms with Crippen molar-refractivity contribution in [2.75, 3.05) is 19.5 Å². The van der Waals surface area contributed by atoms with E-state index in [1.165, 1.54) is 42.5 Å². The van der Waals surface area contributed by atoms with Crippen molar-refractivity contribution in [1.29, 1.82) is 0 Å². The minimum absolute atomic E-state index is 0.176. The molecule has 7 nitrogen and oxygen atoms in total. The second-order valence-corrected chi connectivity index (χ2v) is 6.35. The molecule has 0 saturated heterocycles. The fraction of sp³-hybridized carbons (Fsp3) is 0.188. The van der Waals surface area contributed by atoms with Gasteiger partial charge in [0.15, 0.2) is 0 Å². The SMILES string of the molecule is COc1cc(OC)c(NC(=O)Cn2cnc3sccc3c2=O)cc1Cl. The Balaban J connectivity index is 1.83. The Morgan fingerprint density at radius 2 is 2.08 bits per heavy atom. The van der Waals surface area contributed by atoms with E-state index >= 15 is 0 Å². The van der Waals surface area contributed by atoms with Crippen molar-refractivity contribution in [3.05, 3.63) is 45.3 Å². The number of amides is 1. The van der Waals surface area contributed by atoms with E-state index in [1.54, 1.807) is 17.5 Å². The van der Waals surface area contributed by atoms with E-state index in [0.717, 1.165) is 0 Å². The van der Waals surface area contributed by atoms with Crippen molar-refractivity contribution in [1.82, 2.24) is 9.55 Å². The lowest BCUT2D eigenvalue weighted by Gasteiger charge is -2.13. The van der Waals surface area contributed by atoms with Crippen LogP contribution in [0.2, 0.25) is 5.02 Å². The van der Waals surface area contributed by atoms with E-state index in [9.17, 15) is 9.59 Å². The predicted octanol–water partition coefficient (Wildman–Crippen LogP) is 2.77. The van der Waals surface area contributed by atoms with Gasteiger partial charge in [0.25, 0.3) is 5.56 Å². The summed E-state index contributed by atoms with van der Waals surface area (Å²) in [5.74, 6) is 0.422. The monoisotopic (exact) mass is 379 g/mol. The Morgan fingerprint density at radius 3 is 2.80 bits per heavy atom. The van der Waals surface area contributed by atoms with Gasteiger partial charge in [0, 0.05) is 6.07 Å². The largest absolute Gasteiger partial charge is 0.495 e. The third kappa shape index (κ3) is 3.45. The fourth-order valence-electron chi connectivity index (χ4n) is 2.31. The first-order chi connectivity index (χ1) is 12.0. The molecule has 2 aromatic heterocycles. The highest BCUT2D eigenvalue weighted by molar-refractivity contribution is 7.16. The lowest BCUT2D eigenvalue weighted by Crippen LogP contribution is -2.27. The Bertz CT molecular complexity index is 999. The number of rotatable bonds is 5. The molecule has 0 saturated carbocycles. The number of thiophene rings is 1. The van der Waals surface area contributed by atoms with E-state index in [-0.39, 0.29) is 12.1 Å². The first-order valence-corrected chi connectivity index (χ1v) is 8.43. The van der Waals surface area contributed by atoms with Crippen molar-refractivity contribution >= 4 is 44.7 Å². The Labute approximate surface area is 151 Å². The number of methoxy groups -OCH3 is 2. The highest BCUT2D eigenvalue weighted by Crippen LogP contribution is 2.35. The molecule has 0 unspecified atom stereocenters. The van der Waals surface area contributed by atoms with Crippen molar-refractivity contribution in [2.45, 2.75) is 6.54 Å². The summed E-state index contributed by atoms with van der Waals surface area (Å²) in [6.45, 7) is -0.176. The van der Waals surface area contributed by atoms with Gasteiger partial charge in [0.1, 0.15) is 22.9 Å². The van der Waals surface area contributed by atoms with E-state index < -0.39 is 5.91 Å². The predicted molar refractivity (Wildman–Crippen MR) is 97.1 cm³/mol. The van der Waals surface area contributed by atoms with Gasteiger partial charge in [0.05, 0.1) is 36.6 Å². The van der Waals surface area contributed by atoms with Gasteiger partial charge in [-0.3, -0.25) is 14.2 Å². The van der Waals surface area contributed by atoms with Gasteiger partial charge in [-0.2, -0.15) is 0 Å². The molecular weight excluding hydrogens is 366 g/mol. The number of carbonyl (C=O) groups is 1. The third-order valence-electron chi connectivity index (χ3n) is 3.51. The van der Waals surface area contributed by atoms with E-state index in [4.69, 9.17) is 21.1 Å². The van der Waals surface area contributed by atoms with E-state index in [0.29, 0.717) is 32.4 Å². The van der Waals surface area contributed by atoms with Crippen molar-refractivity contribution < 1.29 is 14.3 Å². The summed E-state index contributed by atoms with van der Waals surface area (Å²) >= 11 is 7.46. The molecule has 0 aliphatic rings. The van der Waals surface area contributed by atoms with E-state index in [2.05, 4.69) is 10.3 Å². The summed E-state index contributed by atoms with van der Waals surface area (Å²) in [5, 5.41) is 5.29. The summed E-state index contributed by atoms with van der Waals surface area (Å²) in [6.07, 6.45) is 1.36. The van der Waals surface area contributed by atoms with Gasteiger partial charge in [-0.25, -0.2) is 4.98 Å². The zero-order valence-corrected chi connectivity index (χ0v) is 15.0. The quantitative estimate of drug-likeness (QED) is 0.737. The summed E-state index contributed by atoms with van der Waals surface area (Å²) in [6, 6.07) is 4.79. The molecule has 3 rings (SSSR count). The average Bonchev–Trinajstić information content (AvgIpc) is 3.07. The van der Waals surface area contributed by atoms with Crippen molar-refractivity contribution in [3.8, 4) is 11.5 Å². The maximum absolute atomic E-state index is 12.3. The number of hydrogen-bond acceptors (Lipinski definition) is 6. The summed E-state index contributed by atoms with van der Waals surface area (Å²) in [4.78, 5) is 29.5. The molecule has 0 bridgehead atoms. The van der Waals surface area contributed by atoms with Gasteiger partial charge >= 0.3 is 0 Å². The van der Waals surface area contributed by atoms with Crippen LogP contribution in [0.15, 0.2) is 34.7 Å². The number of anilines is 1. The molecule has 3 aromatic rings. The van der Waals surface area contributed by atoms with Gasteiger partial charge < -0.3 is 14.8 Å². The van der Waals surface area contributed by atoms with Crippen LogP contribution in [-0.4, -0.2) is 29.7 Å². The number of nitrogens with zero attached hydrogens (tertiary/aromatic N) is 2. The molecule has 9 heteroatoms. The molecule has 0 aliphatic heterocycles. The minimum Gasteiger partial charge on any atom is -0.495 e. The zero-order chi connectivity index (χ0) is 18.0. The number of fused-ring (bicyclic) bond motifs is 1. The summed E-state index contributed by atoms with van der Waals surface area (Å²) in [7, 11) is 2.95. The number of halogens is 1. The third-order valence-corrected chi connectivity index (χ3v) is 4.63. The molecule has 1 aromatic carbocycles. The first kappa shape index (κ1) is 17.2. The van der Waals surface area contributed by atoms with Gasteiger partial charge in [-0.05, 0) is 17.5 Å². The molecule has 0 atom stereocenters. The number of aromatic nitrogens is 2. The number of ether oxygens (including phenoxy) is 2. The number of benzene rings is 1. The van der Waals surface area contributed by atoms with Crippen LogP contribution in [-0.2, 0) is 11.3 Å². The number of nitrogens with one attached hydrogen (secondary N) is 1. The van der Waals surface area contributed by atoms with Crippen LogP contribution in [0, 0.1) is 0 Å². The molecule has 0 aliphatic carbocycles. The molecule has 0 radical (unpaired) electrons. The topological polar surface area (TPSA) is 82.4 Å². The van der Waals surface area contributed by atoms with Gasteiger partial charge in [-0.1, -0.05) is 11.6 Å². The first-order valence-electron chi connectivity index (χ1n) is 7.17. The van der Waals surface area contributed by atoms with Crippen molar-refractivity contribution in [2.24, 2.45) is 0 Å². The van der Waals surface area contributed by atoms with Crippen LogP contribution >= 0.6 is 22.9 Å².